The predicted octanol–water partition coefficient (Wildman–Crippen LogP) is 3.29. The summed E-state index contributed by atoms with van der Waals surface area (Å²) >= 11 is 6.26. The molecular weight excluding hydrogens is 234 g/mol. The zero-order chi connectivity index (χ0) is 11.4. The molecule has 0 radical (unpaired) electrons. The number of hydrogen-bond acceptors (Lipinski definition) is 2. The molecule has 0 unspecified atom stereocenters. The van der Waals surface area contributed by atoms with E-state index >= 15 is 0 Å². The molecule has 2 fully saturated rings. The van der Waals surface area contributed by atoms with E-state index < -0.39 is 0 Å². The van der Waals surface area contributed by atoms with Crippen molar-refractivity contribution in [3.63, 3.8) is 0 Å². The van der Waals surface area contributed by atoms with Crippen LogP contribution < -0.4 is 0 Å². The normalized spacial score (nSPS) is 20.4. The summed E-state index contributed by atoms with van der Waals surface area (Å²) in [5.74, 6) is 2.36. The van der Waals surface area contributed by atoms with Gasteiger partial charge in [-0.25, -0.2) is 9.50 Å². The van der Waals surface area contributed by atoms with Gasteiger partial charge in [0, 0.05) is 17.7 Å². The smallest absolute Gasteiger partial charge is 0.156 e. The van der Waals surface area contributed by atoms with Crippen molar-refractivity contribution in [1.82, 2.24) is 14.6 Å². The molecule has 0 saturated heterocycles. The molecule has 0 bridgehead atoms. The minimum atomic E-state index is 0.646. The Morgan fingerprint density at radius 1 is 1.24 bits per heavy atom. The molecule has 17 heavy (non-hydrogen) atoms. The molecular formula is C13H14ClN3. The third-order valence-electron chi connectivity index (χ3n) is 3.94. The first kappa shape index (κ1) is 9.89. The van der Waals surface area contributed by atoms with Crippen molar-refractivity contribution in [2.75, 3.05) is 0 Å². The van der Waals surface area contributed by atoms with Gasteiger partial charge in [-0.15, -0.1) is 0 Å². The average Bonchev–Trinajstić information content (AvgIpc) is 3.22. The van der Waals surface area contributed by atoms with Gasteiger partial charge in [0.2, 0.25) is 0 Å². The highest BCUT2D eigenvalue weighted by atomic mass is 35.5. The first-order chi connectivity index (χ1) is 8.33. The Hall–Kier alpha value is -1.09. The zero-order valence-corrected chi connectivity index (χ0v) is 10.3. The second-order valence-corrected chi connectivity index (χ2v) is 5.69. The molecule has 2 heterocycles. The van der Waals surface area contributed by atoms with Crippen LogP contribution in [0.2, 0.25) is 5.15 Å². The Balaban J connectivity index is 1.82. The third-order valence-corrected chi connectivity index (χ3v) is 4.21. The van der Waals surface area contributed by atoms with E-state index in [4.69, 9.17) is 16.6 Å². The van der Waals surface area contributed by atoms with E-state index in [0.717, 1.165) is 17.5 Å². The van der Waals surface area contributed by atoms with Crippen LogP contribution in [0.3, 0.4) is 0 Å². The average molecular weight is 248 g/mol. The van der Waals surface area contributed by atoms with Gasteiger partial charge in [0.05, 0.1) is 6.20 Å². The van der Waals surface area contributed by atoms with E-state index in [9.17, 15) is 0 Å². The van der Waals surface area contributed by atoms with E-state index in [1.165, 1.54) is 31.4 Å². The number of halogens is 1. The van der Waals surface area contributed by atoms with Crippen molar-refractivity contribution in [2.24, 2.45) is 11.8 Å². The minimum absolute atomic E-state index is 0.646. The second kappa shape index (κ2) is 3.45. The number of rotatable bonds is 3. The first-order valence-corrected chi connectivity index (χ1v) is 6.71. The lowest BCUT2D eigenvalue weighted by Crippen LogP contribution is -2.08. The summed E-state index contributed by atoms with van der Waals surface area (Å²) < 4.78 is 1.70. The van der Waals surface area contributed by atoms with E-state index in [1.54, 1.807) is 10.7 Å². The minimum Gasteiger partial charge on any atom is -0.233 e. The van der Waals surface area contributed by atoms with Crippen molar-refractivity contribution in [3.05, 3.63) is 29.2 Å². The molecule has 2 aromatic rings. The zero-order valence-electron chi connectivity index (χ0n) is 9.51. The molecule has 3 nitrogen and oxygen atoms in total. The summed E-state index contributed by atoms with van der Waals surface area (Å²) in [6.07, 6.45) is 7.22. The maximum atomic E-state index is 6.26. The molecule has 4 heteroatoms. The lowest BCUT2D eigenvalue weighted by atomic mass is 9.94. The van der Waals surface area contributed by atoms with Crippen LogP contribution in [0.15, 0.2) is 18.3 Å². The molecule has 88 valence electrons. The maximum Gasteiger partial charge on any atom is 0.156 e. The Kier molecular flexibility index (Phi) is 2.01. The second-order valence-electron chi connectivity index (χ2n) is 5.31. The molecule has 2 saturated carbocycles. The van der Waals surface area contributed by atoms with E-state index in [-0.39, 0.29) is 0 Å². The van der Waals surface area contributed by atoms with Gasteiger partial charge < -0.3 is 0 Å². The highest BCUT2D eigenvalue weighted by Gasteiger charge is 2.43. The van der Waals surface area contributed by atoms with Crippen LogP contribution in [-0.2, 0) is 0 Å². The Morgan fingerprint density at radius 3 is 2.59 bits per heavy atom. The predicted molar refractivity (Wildman–Crippen MR) is 66.2 cm³/mol. The van der Waals surface area contributed by atoms with Crippen molar-refractivity contribution >= 4 is 17.2 Å². The van der Waals surface area contributed by atoms with Crippen LogP contribution in [0.25, 0.3) is 5.65 Å². The van der Waals surface area contributed by atoms with Crippen LogP contribution in [0, 0.1) is 11.8 Å². The highest BCUT2D eigenvalue weighted by Crippen LogP contribution is 2.54. The Bertz CT molecular complexity index is 557. The summed E-state index contributed by atoms with van der Waals surface area (Å²) in [7, 11) is 0. The van der Waals surface area contributed by atoms with Crippen LogP contribution in [-0.4, -0.2) is 14.6 Å². The van der Waals surface area contributed by atoms with Gasteiger partial charge in [-0.2, -0.15) is 5.10 Å². The summed E-state index contributed by atoms with van der Waals surface area (Å²) in [6, 6.07) is 3.94. The summed E-state index contributed by atoms with van der Waals surface area (Å²) in [5, 5.41) is 4.84. The van der Waals surface area contributed by atoms with Crippen LogP contribution in [0.1, 0.15) is 37.3 Å². The summed E-state index contributed by atoms with van der Waals surface area (Å²) in [4.78, 5) is 4.73. The molecule has 0 aliphatic heterocycles. The molecule has 0 aromatic carbocycles. The largest absolute Gasteiger partial charge is 0.233 e. The molecule has 0 N–H and O–H groups in total. The Labute approximate surface area is 105 Å². The van der Waals surface area contributed by atoms with Crippen molar-refractivity contribution < 1.29 is 0 Å². The van der Waals surface area contributed by atoms with Gasteiger partial charge in [0.15, 0.2) is 5.65 Å². The van der Waals surface area contributed by atoms with Crippen molar-refractivity contribution in [3.8, 4) is 0 Å². The fraction of sp³-hybridized carbons (Fsp3) is 0.538. The number of nitrogens with zero attached hydrogens (tertiary/aromatic N) is 3. The lowest BCUT2D eigenvalue weighted by Gasteiger charge is -2.15. The molecule has 0 spiro atoms. The summed E-state index contributed by atoms with van der Waals surface area (Å²) in [5.41, 5.74) is 2.06. The van der Waals surface area contributed by atoms with E-state index in [1.807, 2.05) is 12.1 Å². The fourth-order valence-corrected chi connectivity index (χ4v) is 3.08. The number of hydrogen-bond donors (Lipinski definition) is 0. The van der Waals surface area contributed by atoms with Crippen molar-refractivity contribution in [1.29, 1.82) is 0 Å². The maximum absolute atomic E-state index is 6.26. The van der Waals surface area contributed by atoms with Gasteiger partial charge >= 0.3 is 0 Å². The van der Waals surface area contributed by atoms with E-state index in [0.29, 0.717) is 11.1 Å². The molecule has 2 aromatic heterocycles. The van der Waals surface area contributed by atoms with Crippen molar-refractivity contribution in [2.45, 2.75) is 31.6 Å². The Morgan fingerprint density at radius 2 is 1.94 bits per heavy atom. The summed E-state index contributed by atoms with van der Waals surface area (Å²) in [6.45, 7) is 0. The monoisotopic (exact) mass is 247 g/mol. The van der Waals surface area contributed by atoms with Gasteiger partial charge in [0.25, 0.3) is 0 Å². The quantitative estimate of drug-likeness (QED) is 0.780. The van der Waals surface area contributed by atoms with Gasteiger partial charge in [-0.1, -0.05) is 11.6 Å². The fourth-order valence-electron chi connectivity index (χ4n) is 2.84. The highest BCUT2D eigenvalue weighted by molar-refractivity contribution is 6.29. The van der Waals surface area contributed by atoms with E-state index in [2.05, 4.69) is 5.10 Å². The third kappa shape index (κ3) is 1.64. The van der Waals surface area contributed by atoms with Gasteiger partial charge in [-0.3, -0.25) is 0 Å². The standard InChI is InChI=1S/C13H14ClN3/c14-11-7-10(16-12-5-6-15-17(11)12)13(8-1-2-8)9-3-4-9/h5-9,13H,1-4H2. The van der Waals surface area contributed by atoms with Crippen LogP contribution >= 0.6 is 11.6 Å². The number of fused-ring (bicyclic) bond motifs is 1. The molecule has 2 aliphatic rings. The molecule has 4 rings (SSSR count). The number of aromatic nitrogens is 3. The van der Waals surface area contributed by atoms with Crippen LogP contribution in [0.5, 0.6) is 0 Å². The molecule has 0 amide bonds. The lowest BCUT2D eigenvalue weighted by molar-refractivity contribution is 0.524. The molecule has 2 aliphatic carbocycles. The topological polar surface area (TPSA) is 30.2 Å². The van der Waals surface area contributed by atoms with Crippen LogP contribution in [0.4, 0.5) is 0 Å². The molecule has 0 atom stereocenters. The SMILES string of the molecule is Clc1cc(C(C2CC2)C2CC2)nc2ccnn12. The first-order valence-electron chi connectivity index (χ1n) is 6.33. The van der Waals surface area contributed by atoms with Gasteiger partial charge in [-0.05, 0) is 43.6 Å². The van der Waals surface area contributed by atoms with Gasteiger partial charge in [0.1, 0.15) is 5.15 Å².